The van der Waals surface area contributed by atoms with Gasteiger partial charge in [0.2, 0.25) is 5.91 Å². The molecule has 0 aromatic carbocycles. The van der Waals surface area contributed by atoms with E-state index in [0.717, 1.165) is 24.0 Å². The summed E-state index contributed by atoms with van der Waals surface area (Å²) >= 11 is 0. The lowest BCUT2D eigenvalue weighted by molar-refractivity contribution is -0.132. The highest BCUT2D eigenvalue weighted by Gasteiger charge is 2.44. The molecular formula is C17H27N3O. The van der Waals surface area contributed by atoms with Crippen molar-refractivity contribution < 1.29 is 4.79 Å². The summed E-state index contributed by atoms with van der Waals surface area (Å²) in [6.07, 6.45) is 5.39. The van der Waals surface area contributed by atoms with E-state index in [1.54, 1.807) is 6.20 Å². The van der Waals surface area contributed by atoms with Gasteiger partial charge in [0, 0.05) is 30.9 Å². The standard InChI is InChI=1S/C17H27N3O/c1-11-7-8-19-9-13(11)10-20-16(21)14-5-6-15(18)12(2)17(14,3)4/h7-9,12,14-15H,5-6,10,18H2,1-4H3,(H,20,21). The van der Waals surface area contributed by atoms with Crippen LogP contribution in [-0.2, 0) is 11.3 Å². The Bertz CT molecular complexity index is 513. The maximum Gasteiger partial charge on any atom is 0.223 e. The van der Waals surface area contributed by atoms with Crippen molar-refractivity contribution in [3.8, 4) is 0 Å². The number of nitrogens with one attached hydrogen (secondary N) is 1. The van der Waals surface area contributed by atoms with Crippen LogP contribution in [0.15, 0.2) is 18.5 Å². The summed E-state index contributed by atoms with van der Waals surface area (Å²) in [6, 6.07) is 2.16. The predicted octanol–water partition coefficient (Wildman–Crippen LogP) is 2.41. The fourth-order valence-electron chi connectivity index (χ4n) is 3.31. The molecule has 21 heavy (non-hydrogen) atoms. The van der Waals surface area contributed by atoms with Crippen LogP contribution in [0.2, 0.25) is 0 Å². The van der Waals surface area contributed by atoms with Crippen molar-refractivity contribution in [1.82, 2.24) is 10.3 Å². The minimum Gasteiger partial charge on any atom is -0.352 e. The lowest BCUT2D eigenvalue weighted by Crippen LogP contribution is -2.51. The van der Waals surface area contributed by atoms with Gasteiger partial charge in [-0.15, -0.1) is 0 Å². The van der Waals surface area contributed by atoms with Gasteiger partial charge >= 0.3 is 0 Å². The van der Waals surface area contributed by atoms with Gasteiger partial charge in [-0.05, 0) is 48.3 Å². The fourth-order valence-corrected chi connectivity index (χ4v) is 3.31. The lowest BCUT2D eigenvalue weighted by Gasteiger charge is -2.46. The van der Waals surface area contributed by atoms with Crippen molar-refractivity contribution >= 4 is 5.91 Å². The minimum absolute atomic E-state index is 0.0317. The first-order valence-corrected chi connectivity index (χ1v) is 7.76. The Morgan fingerprint density at radius 3 is 2.86 bits per heavy atom. The van der Waals surface area contributed by atoms with E-state index in [0.29, 0.717) is 12.5 Å². The molecule has 4 nitrogen and oxygen atoms in total. The molecule has 1 saturated carbocycles. The molecule has 0 spiro atoms. The number of carbonyl (C=O) groups excluding carboxylic acids is 1. The van der Waals surface area contributed by atoms with Crippen molar-refractivity contribution in [3.63, 3.8) is 0 Å². The van der Waals surface area contributed by atoms with E-state index < -0.39 is 0 Å². The average molecular weight is 289 g/mol. The van der Waals surface area contributed by atoms with Crippen LogP contribution < -0.4 is 11.1 Å². The zero-order valence-corrected chi connectivity index (χ0v) is 13.5. The molecule has 1 heterocycles. The van der Waals surface area contributed by atoms with Gasteiger partial charge in [-0.25, -0.2) is 0 Å². The Morgan fingerprint density at radius 2 is 2.19 bits per heavy atom. The van der Waals surface area contributed by atoms with E-state index >= 15 is 0 Å². The van der Waals surface area contributed by atoms with Crippen LogP contribution >= 0.6 is 0 Å². The quantitative estimate of drug-likeness (QED) is 0.898. The van der Waals surface area contributed by atoms with Crippen molar-refractivity contribution in [2.75, 3.05) is 0 Å². The Balaban J connectivity index is 2.02. The fraction of sp³-hybridized carbons (Fsp3) is 0.647. The van der Waals surface area contributed by atoms with Crippen LogP contribution in [0.5, 0.6) is 0 Å². The maximum absolute atomic E-state index is 12.6. The van der Waals surface area contributed by atoms with Gasteiger partial charge in [0.25, 0.3) is 0 Å². The number of nitrogens with two attached hydrogens (primary N) is 1. The highest BCUT2D eigenvalue weighted by Crippen LogP contribution is 2.44. The number of aromatic nitrogens is 1. The number of hydrogen-bond acceptors (Lipinski definition) is 3. The summed E-state index contributed by atoms with van der Waals surface area (Å²) in [5.74, 6) is 0.522. The van der Waals surface area contributed by atoms with Crippen molar-refractivity contribution in [2.24, 2.45) is 23.0 Å². The monoisotopic (exact) mass is 289 g/mol. The van der Waals surface area contributed by atoms with Gasteiger partial charge in [0.1, 0.15) is 0 Å². The second-order valence-electron chi connectivity index (χ2n) is 6.92. The van der Waals surface area contributed by atoms with Crippen LogP contribution in [-0.4, -0.2) is 16.9 Å². The SMILES string of the molecule is Cc1ccncc1CNC(=O)C1CCC(N)C(C)C1(C)C. The molecule has 3 N–H and O–H groups in total. The molecule has 3 unspecified atom stereocenters. The van der Waals surface area contributed by atoms with Gasteiger partial charge in [-0.2, -0.15) is 0 Å². The van der Waals surface area contributed by atoms with E-state index in [9.17, 15) is 4.79 Å². The van der Waals surface area contributed by atoms with Crippen LogP contribution in [0.4, 0.5) is 0 Å². The highest BCUT2D eigenvalue weighted by molar-refractivity contribution is 5.79. The summed E-state index contributed by atoms with van der Waals surface area (Å²) in [7, 11) is 0. The second-order valence-corrected chi connectivity index (χ2v) is 6.92. The Kier molecular flexibility index (Phi) is 4.67. The zero-order valence-electron chi connectivity index (χ0n) is 13.5. The maximum atomic E-state index is 12.6. The first kappa shape index (κ1) is 16.0. The summed E-state index contributed by atoms with van der Waals surface area (Å²) in [5, 5.41) is 3.08. The molecule has 0 aliphatic heterocycles. The summed E-state index contributed by atoms with van der Waals surface area (Å²) in [5.41, 5.74) is 8.33. The molecule has 1 fully saturated rings. The van der Waals surface area contributed by atoms with Crippen LogP contribution in [0.25, 0.3) is 0 Å². The number of nitrogens with zero attached hydrogens (tertiary/aromatic N) is 1. The normalized spacial score (nSPS) is 28.1. The molecule has 3 atom stereocenters. The Hall–Kier alpha value is -1.42. The summed E-state index contributed by atoms with van der Waals surface area (Å²) in [6.45, 7) is 9.07. The smallest absolute Gasteiger partial charge is 0.223 e. The van der Waals surface area contributed by atoms with E-state index in [1.165, 1.54) is 0 Å². The minimum atomic E-state index is -0.0638. The zero-order chi connectivity index (χ0) is 15.6. The predicted molar refractivity (Wildman–Crippen MR) is 84.5 cm³/mol. The third-order valence-corrected chi connectivity index (χ3v) is 5.42. The van der Waals surface area contributed by atoms with E-state index in [4.69, 9.17) is 5.73 Å². The van der Waals surface area contributed by atoms with Crippen LogP contribution in [0.1, 0.15) is 44.7 Å². The first-order chi connectivity index (χ1) is 9.84. The molecule has 0 saturated heterocycles. The van der Waals surface area contributed by atoms with Gasteiger partial charge in [0.15, 0.2) is 0 Å². The number of pyridine rings is 1. The van der Waals surface area contributed by atoms with E-state index in [-0.39, 0.29) is 23.3 Å². The summed E-state index contributed by atoms with van der Waals surface area (Å²) in [4.78, 5) is 16.7. The van der Waals surface area contributed by atoms with Crippen molar-refractivity contribution in [2.45, 2.75) is 53.1 Å². The molecule has 1 aromatic heterocycles. The first-order valence-electron chi connectivity index (χ1n) is 7.76. The van der Waals surface area contributed by atoms with Gasteiger partial charge in [-0.3, -0.25) is 9.78 Å². The van der Waals surface area contributed by atoms with Gasteiger partial charge < -0.3 is 11.1 Å². The molecule has 0 radical (unpaired) electrons. The molecular weight excluding hydrogens is 262 g/mol. The average Bonchev–Trinajstić information content (AvgIpc) is 2.44. The molecule has 1 amide bonds. The summed E-state index contributed by atoms with van der Waals surface area (Å²) < 4.78 is 0. The molecule has 116 valence electrons. The number of amides is 1. The molecule has 2 rings (SSSR count). The van der Waals surface area contributed by atoms with Crippen molar-refractivity contribution in [1.29, 1.82) is 0 Å². The van der Waals surface area contributed by atoms with E-state index in [2.05, 4.69) is 31.1 Å². The number of aryl methyl sites for hydroxylation is 1. The number of rotatable bonds is 3. The third-order valence-electron chi connectivity index (χ3n) is 5.42. The highest BCUT2D eigenvalue weighted by atomic mass is 16.1. The number of carbonyl (C=O) groups is 1. The van der Waals surface area contributed by atoms with Crippen LogP contribution in [0.3, 0.4) is 0 Å². The second kappa shape index (κ2) is 6.14. The molecule has 1 aliphatic carbocycles. The van der Waals surface area contributed by atoms with Crippen LogP contribution in [0, 0.1) is 24.2 Å². The topological polar surface area (TPSA) is 68.0 Å². The molecule has 0 bridgehead atoms. The Morgan fingerprint density at radius 1 is 1.48 bits per heavy atom. The number of hydrogen-bond donors (Lipinski definition) is 2. The largest absolute Gasteiger partial charge is 0.352 e. The lowest BCUT2D eigenvalue weighted by atomic mass is 9.61. The van der Waals surface area contributed by atoms with Gasteiger partial charge in [0.05, 0.1) is 0 Å². The molecule has 1 aliphatic rings. The third kappa shape index (κ3) is 3.26. The van der Waals surface area contributed by atoms with E-state index in [1.807, 2.05) is 19.2 Å². The van der Waals surface area contributed by atoms with Crippen molar-refractivity contribution in [3.05, 3.63) is 29.6 Å². The molecule has 1 aromatic rings. The Labute approximate surface area is 127 Å². The van der Waals surface area contributed by atoms with Gasteiger partial charge in [-0.1, -0.05) is 20.8 Å². The molecule has 4 heteroatoms.